The lowest BCUT2D eigenvalue weighted by Gasteiger charge is -2.15. The number of nitrogens with zero attached hydrogens (tertiary/aromatic N) is 1. The van der Waals surface area contributed by atoms with Crippen molar-refractivity contribution in [1.82, 2.24) is 4.98 Å². The summed E-state index contributed by atoms with van der Waals surface area (Å²) in [7, 11) is 0. The summed E-state index contributed by atoms with van der Waals surface area (Å²) in [5.74, 6) is 1.08. The van der Waals surface area contributed by atoms with Crippen molar-refractivity contribution in [2.45, 2.75) is 12.8 Å². The molecule has 1 fully saturated rings. The van der Waals surface area contributed by atoms with Crippen molar-refractivity contribution in [3.8, 4) is 5.75 Å². The van der Waals surface area contributed by atoms with E-state index in [1.165, 1.54) is 12.8 Å². The highest BCUT2D eigenvalue weighted by Gasteiger charge is 2.40. The molecule has 1 aliphatic carbocycles. The maximum atomic E-state index is 9.57. The van der Waals surface area contributed by atoms with Gasteiger partial charge in [0.05, 0.1) is 0 Å². The number of nitrogens with two attached hydrogens (primary N) is 1. The number of fused-ring (bicyclic) bond motifs is 1. The summed E-state index contributed by atoms with van der Waals surface area (Å²) in [5.41, 5.74) is 6.03. The predicted octanol–water partition coefficient (Wildman–Crippen LogP) is 2.09. The minimum Gasteiger partial charge on any atom is -0.508 e. The van der Waals surface area contributed by atoms with E-state index in [-0.39, 0.29) is 11.2 Å². The van der Waals surface area contributed by atoms with Crippen molar-refractivity contribution in [2.24, 2.45) is 11.1 Å². The quantitative estimate of drug-likeness (QED) is 0.769. The standard InChI is InChI=1S/C14H17N3O/c15-8-14(4-5-14)9-17-13-12-7-11(18)2-1-10(12)3-6-16-13/h1-3,6-7,18H,4-5,8-9,15H2,(H,16,17). The second-order valence-corrected chi connectivity index (χ2v) is 5.12. The maximum Gasteiger partial charge on any atom is 0.133 e. The SMILES string of the molecule is NCC1(CNc2nccc3ccc(O)cc23)CC1. The molecular weight excluding hydrogens is 226 g/mol. The zero-order valence-electron chi connectivity index (χ0n) is 10.2. The van der Waals surface area contributed by atoms with E-state index in [0.717, 1.165) is 29.7 Å². The molecule has 4 heteroatoms. The lowest BCUT2D eigenvalue weighted by atomic mass is 10.1. The van der Waals surface area contributed by atoms with E-state index in [0.29, 0.717) is 0 Å². The molecule has 94 valence electrons. The van der Waals surface area contributed by atoms with Crippen LogP contribution in [0.5, 0.6) is 5.75 Å². The van der Waals surface area contributed by atoms with Crippen LogP contribution in [0.2, 0.25) is 0 Å². The normalized spacial score (nSPS) is 16.7. The molecule has 1 aromatic carbocycles. The molecule has 2 aromatic rings. The highest BCUT2D eigenvalue weighted by Crippen LogP contribution is 2.44. The lowest BCUT2D eigenvalue weighted by molar-refractivity contribution is 0.476. The number of aromatic nitrogens is 1. The van der Waals surface area contributed by atoms with Gasteiger partial charge in [-0.2, -0.15) is 0 Å². The third-order valence-electron chi connectivity index (χ3n) is 3.77. The smallest absolute Gasteiger partial charge is 0.133 e. The topological polar surface area (TPSA) is 71.2 Å². The van der Waals surface area contributed by atoms with Gasteiger partial charge in [-0.25, -0.2) is 4.98 Å². The highest BCUT2D eigenvalue weighted by atomic mass is 16.3. The number of anilines is 1. The average Bonchev–Trinajstić information content (AvgIpc) is 3.17. The van der Waals surface area contributed by atoms with E-state index in [1.54, 1.807) is 18.3 Å². The van der Waals surface area contributed by atoms with Crippen LogP contribution in [0.3, 0.4) is 0 Å². The molecule has 1 aliphatic rings. The molecule has 4 N–H and O–H groups in total. The van der Waals surface area contributed by atoms with Gasteiger partial charge in [0.15, 0.2) is 0 Å². The van der Waals surface area contributed by atoms with Gasteiger partial charge < -0.3 is 16.2 Å². The van der Waals surface area contributed by atoms with Crippen molar-refractivity contribution in [3.63, 3.8) is 0 Å². The van der Waals surface area contributed by atoms with E-state index >= 15 is 0 Å². The summed E-state index contributed by atoms with van der Waals surface area (Å²) >= 11 is 0. The molecule has 0 atom stereocenters. The van der Waals surface area contributed by atoms with E-state index in [1.807, 2.05) is 12.1 Å². The van der Waals surface area contributed by atoms with Gasteiger partial charge in [0, 0.05) is 18.1 Å². The lowest BCUT2D eigenvalue weighted by Crippen LogP contribution is -2.24. The molecule has 18 heavy (non-hydrogen) atoms. The summed E-state index contributed by atoms with van der Waals surface area (Å²) in [5, 5.41) is 15.0. The Balaban J connectivity index is 1.89. The van der Waals surface area contributed by atoms with Crippen molar-refractivity contribution >= 4 is 16.6 Å². The second-order valence-electron chi connectivity index (χ2n) is 5.12. The Hall–Kier alpha value is -1.81. The molecule has 4 nitrogen and oxygen atoms in total. The number of benzene rings is 1. The van der Waals surface area contributed by atoms with Crippen LogP contribution in [0.4, 0.5) is 5.82 Å². The van der Waals surface area contributed by atoms with E-state index in [4.69, 9.17) is 5.73 Å². The van der Waals surface area contributed by atoms with Crippen LogP contribution in [0, 0.1) is 5.41 Å². The fourth-order valence-corrected chi connectivity index (χ4v) is 2.20. The Morgan fingerprint density at radius 2 is 2.17 bits per heavy atom. The summed E-state index contributed by atoms with van der Waals surface area (Å²) in [6.07, 6.45) is 4.16. The first-order valence-electron chi connectivity index (χ1n) is 6.24. The van der Waals surface area contributed by atoms with Gasteiger partial charge in [-0.1, -0.05) is 6.07 Å². The largest absolute Gasteiger partial charge is 0.508 e. The van der Waals surface area contributed by atoms with E-state index in [9.17, 15) is 5.11 Å². The van der Waals surface area contributed by atoms with Gasteiger partial charge >= 0.3 is 0 Å². The Bertz CT molecular complexity index is 578. The monoisotopic (exact) mass is 243 g/mol. The summed E-state index contributed by atoms with van der Waals surface area (Å²) < 4.78 is 0. The molecule has 3 rings (SSSR count). The summed E-state index contributed by atoms with van der Waals surface area (Å²) in [4.78, 5) is 4.35. The Morgan fingerprint density at radius 1 is 1.33 bits per heavy atom. The van der Waals surface area contributed by atoms with Gasteiger partial charge in [-0.05, 0) is 48.4 Å². The molecule has 0 spiro atoms. The van der Waals surface area contributed by atoms with Crippen LogP contribution in [0.25, 0.3) is 10.8 Å². The number of hydrogen-bond acceptors (Lipinski definition) is 4. The molecule has 0 aliphatic heterocycles. The van der Waals surface area contributed by atoms with Crippen LogP contribution in [-0.2, 0) is 0 Å². The van der Waals surface area contributed by atoms with Crippen LogP contribution in [0.1, 0.15) is 12.8 Å². The van der Waals surface area contributed by atoms with Crippen molar-refractivity contribution in [3.05, 3.63) is 30.5 Å². The molecule has 0 saturated heterocycles. The van der Waals surface area contributed by atoms with Gasteiger partial charge in [-0.3, -0.25) is 0 Å². The van der Waals surface area contributed by atoms with E-state index < -0.39 is 0 Å². The molecule has 1 heterocycles. The number of phenols is 1. The summed E-state index contributed by atoms with van der Waals surface area (Å²) in [6.45, 7) is 1.57. The second kappa shape index (κ2) is 4.14. The van der Waals surface area contributed by atoms with Gasteiger partial charge in [-0.15, -0.1) is 0 Å². The number of nitrogens with one attached hydrogen (secondary N) is 1. The Labute approximate surface area is 106 Å². The van der Waals surface area contributed by atoms with Gasteiger partial charge in [0.1, 0.15) is 11.6 Å². The van der Waals surface area contributed by atoms with Gasteiger partial charge in [0.2, 0.25) is 0 Å². The van der Waals surface area contributed by atoms with Crippen LogP contribution in [0.15, 0.2) is 30.5 Å². The van der Waals surface area contributed by atoms with Crippen molar-refractivity contribution < 1.29 is 5.11 Å². The average molecular weight is 243 g/mol. The number of pyridine rings is 1. The number of hydrogen-bond donors (Lipinski definition) is 3. The van der Waals surface area contributed by atoms with Crippen molar-refractivity contribution in [2.75, 3.05) is 18.4 Å². The first kappa shape index (κ1) is 11.3. The highest BCUT2D eigenvalue weighted by molar-refractivity contribution is 5.92. The van der Waals surface area contributed by atoms with E-state index in [2.05, 4.69) is 10.3 Å². The first-order chi connectivity index (χ1) is 8.72. The predicted molar refractivity (Wildman–Crippen MR) is 72.6 cm³/mol. The van der Waals surface area contributed by atoms with Crippen LogP contribution < -0.4 is 11.1 Å². The number of aromatic hydroxyl groups is 1. The number of rotatable bonds is 4. The summed E-state index contributed by atoms with van der Waals surface area (Å²) in [6, 6.07) is 7.27. The van der Waals surface area contributed by atoms with Crippen molar-refractivity contribution in [1.29, 1.82) is 0 Å². The maximum absolute atomic E-state index is 9.57. The Morgan fingerprint density at radius 3 is 2.89 bits per heavy atom. The Kier molecular flexibility index (Phi) is 2.59. The first-order valence-corrected chi connectivity index (χ1v) is 6.24. The molecule has 1 saturated carbocycles. The van der Waals surface area contributed by atoms with Crippen LogP contribution in [-0.4, -0.2) is 23.2 Å². The molecule has 0 amide bonds. The van der Waals surface area contributed by atoms with Gasteiger partial charge in [0.25, 0.3) is 0 Å². The fourth-order valence-electron chi connectivity index (χ4n) is 2.20. The zero-order chi connectivity index (χ0) is 12.6. The third kappa shape index (κ3) is 1.99. The molecule has 0 bridgehead atoms. The molecule has 0 radical (unpaired) electrons. The van der Waals surface area contributed by atoms with Crippen LogP contribution >= 0.6 is 0 Å². The fraction of sp³-hybridized carbons (Fsp3) is 0.357. The molecule has 1 aromatic heterocycles. The zero-order valence-corrected chi connectivity index (χ0v) is 10.2. The minimum absolute atomic E-state index is 0.263. The molecule has 0 unspecified atom stereocenters. The number of phenolic OH excluding ortho intramolecular Hbond substituents is 1. The third-order valence-corrected chi connectivity index (χ3v) is 3.77. The molecular formula is C14H17N3O. The minimum atomic E-state index is 0.263.